The number of likely N-dealkylation sites (N-methyl/N-ethyl adjacent to an activating group) is 1. The zero-order valence-electron chi connectivity index (χ0n) is 13.5. The molecule has 2 heterocycles. The van der Waals surface area contributed by atoms with Crippen molar-refractivity contribution in [2.45, 2.75) is 26.3 Å². The van der Waals surface area contributed by atoms with Gasteiger partial charge in [-0.15, -0.1) is 11.3 Å². The number of benzene rings is 1. The van der Waals surface area contributed by atoms with Crippen molar-refractivity contribution >= 4 is 38.3 Å². The monoisotopic (exact) mass is 409 g/mol. The zero-order valence-corrected chi connectivity index (χ0v) is 16.0. The molecule has 0 radical (unpaired) electrons. The van der Waals surface area contributed by atoms with Crippen molar-refractivity contribution in [1.82, 2.24) is 9.88 Å². The summed E-state index contributed by atoms with van der Waals surface area (Å²) in [7, 11) is 0. The molecule has 128 valence electrons. The van der Waals surface area contributed by atoms with Crippen molar-refractivity contribution in [1.29, 1.82) is 0 Å². The van der Waals surface area contributed by atoms with Crippen LogP contribution in [0.25, 0.3) is 0 Å². The highest BCUT2D eigenvalue weighted by atomic mass is 79.9. The van der Waals surface area contributed by atoms with Crippen molar-refractivity contribution in [2.24, 2.45) is 0 Å². The Balaban J connectivity index is 1.48. The molecule has 0 spiro atoms. The van der Waals surface area contributed by atoms with E-state index in [1.54, 1.807) is 11.3 Å². The van der Waals surface area contributed by atoms with Crippen LogP contribution in [0.2, 0.25) is 0 Å². The fraction of sp³-hybridized carbons (Fsp3) is 0.412. The summed E-state index contributed by atoms with van der Waals surface area (Å²) in [5.41, 5.74) is 1.13. The maximum atomic E-state index is 12.1. The summed E-state index contributed by atoms with van der Waals surface area (Å²) in [6.07, 6.45) is 1.26. The zero-order chi connectivity index (χ0) is 16.9. The van der Waals surface area contributed by atoms with E-state index in [0.29, 0.717) is 18.2 Å². The molecular weight excluding hydrogens is 390 g/mol. The van der Waals surface area contributed by atoms with Crippen molar-refractivity contribution < 1.29 is 9.53 Å². The van der Waals surface area contributed by atoms with Crippen molar-refractivity contribution in [3.63, 3.8) is 0 Å². The lowest BCUT2D eigenvalue weighted by Crippen LogP contribution is -2.29. The molecule has 2 aromatic rings. The van der Waals surface area contributed by atoms with Crippen molar-refractivity contribution in [2.75, 3.05) is 25.0 Å². The first-order chi connectivity index (χ1) is 11.6. The second kappa shape index (κ2) is 8.09. The molecule has 24 heavy (non-hydrogen) atoms. The SMILES string of the molecule is CCN1CCc2nc(NC(=O)CCOc3cccc(Br)c3)sc2C1. The number of hydrogen-bond donors (Lipinski definition) is 1. The van der Waals surface area contributed by atoms with E-state index in [1.807, 2.05) is 24.3 Å². The average Bonchev–Trinajstić information content (AvgIpc) is 2.95. The summed E-state index contributed by atoms with van der Waals surface area (Å²) in [5.74, 6) is 0.685. The lowest BCUT2D eigenvalue weighted by Gasteiger charge is -2.23. The number of anilines is 1. The molecule has 7 heteroatoms. The molecule has 1 aliphatic rings. The van der Waals surface area contributed by atoms with Crippen molar-refractivity contribution in [3.05, 3.63) is 39.3 Å². The van der Waals surface area contributed by atoms with Crippen LogP contribution in [0.15, 0.2) is 28.7 Å². The Morgan fingerprint density at radius 2 is 2.38 bits per heavy atom. The van der Waals surface area contributed by atoms with Gasteiger partial charge in [0.25, 0.3) is 0 Å². The van der Waals surface area contributed by atoms with E-state index < -0.39 is 0 Å². The Hall–Kier alpha value is -1.44. The third-order valence-electron chi connectivity index (χ3n) is 3.90. The average molecular weight is 410 g/mol. The third-order valence-corrected chi connectivity index (χ3v) is 5.39. The summed E-state index contributed by atoms with van der Waals surface area (Å²) in [4.78, 5) is 20.3. The molecule has 1 aliphatic heterocycles. The Morgan fingerprint density at radius 1 is 1.50 bits per heavy atom. The second-order valence-electron chi connectivity index (χ2n) is 5.61. The van der Waals surface area contributed by atoms with Gasteiger partial charge >= 0.3 is 0 Å². The first-order valence-electron chi connectivity index (χ1n) is 8.03. The van der Waals surface area contributed by atoms with Gasteiger partial charge in [0.05, 0.1) is 18.7 Å². The van der Waals surface area contributed by atoms with Gasteiger partial charge in [0.1, 0.15) is 5.75 Å². The van der Waals surface area contributed by atoms with Crippen LogP contribution >= 0.6 is 27.3 Å². The first-order valence-corrected chi connectivity index (χ1v) is 9.64. The normalized spacial score (nSPS) is 14.2. The number of thiazole rings is 1. The highest BCUT2D eigenvalue weighted by molar-refractivity contribution is 9.10. The highest BCUT2D eigenvalue weighted by Gasteiger charge is 2.20. The first kappa shape index (κ1) is 17.4. The van der Waals surface area contributed by atoms with Crippen molar-refractivity contribution in [3.8, 4) is 5.75 Å². The van der Waals surface area contributed by atoms with E-state index in [9.17, 15) is 4.79 Å². The van der Waals surface area contributed by atoms with Crippen LogP contribution in [-0.4, -0.2) is 35.5 Å². The number of carbonyl (C=O) groups excluding carboxylic acids is 1. The van der Waals surface area contributed by atoms with E-state index in [0.717, 1.165) is 42.0 Å². The van der Waals surface area contributed by atoms with Crippen LogP contribution in [0.5, 0.6) is 5.75 Å². The van der Waals surface area contributed by atoms with Gasteiger partial charge in [-0.25, -0.2) is 4.98 Å². The van der Waals surface area contributed by atoms with Gasteiger partial charge in [0.2, 0.25) is 5.91 Å². The van der Waals surface area contributed by atoms with Crippen LogP contribution < -0.4 is 10.1 Å². The summed E-state index contributed by atoms with van der Waals surface area (Å²) in [6, 6.07) is 7.59. The molecule has 1 aromatic carbocycles. The summed E-state index contributed by atoms with van der Waals surface area (Å²) >= 11 is 4.98. The largest absolute Gasteiger partial charge is 0.493 e. The molecule has 0 saturated carbocycles. The van der Waals surface area contributed by atoms with Gasteiger partial charge < -0.3 is 10.1 Å². The standard InChI is InChI=1S/C17H20BrN3O2S/c1-2-21-8-6-14-15(11-21)24-17(19-14)20-16(22)7-9-23-13-5-3-4-12(18)10-13/h3-5,10H,2,6-9,11H2,1H3,(H,19,20,22). The van der Waals surface area contributed by atoms with Gasteiger partial charge in [-0.1, -0.05) is 28.9 Å². The number of rotatable bonds is 6. The summed E-state index contributed by atoms with van der Waals surface area (Å²) in [5, 5.41) is 3.59. The van der Waals surface area contributed by atoms with Gasteiger partial charge in [-0.3, -0.25) is 9.69 Å². The Kier molecular flexibility index (Phi) is 5.86. The van der Waals surface area contributed by atoms with E-state index in [4.69, 9.17) is 4.74 Å². The molecule has 0 aliphatic carbocycles. The minimum Gasteiger partial charge on any atom is -0.493 e. The smallest absolute Gasteiger partial charge is 0.229 e. The molecule has 1 N–H and O–H groups in total. The fourth-order valence-electron chi connectivity index (χ4n) is 2.57. The number of nitrogens with one attached hydrogen (secondary N) is 1. The third kappa shape index (κ3) is 4.55. The molecular formula is C17H20BrN3O2S. The number of carbonyl (C=O) groups is 1. The van der Waals surface area contributed by atoms with E-state index in [1.165, 1.54) is 4.88 Å². The predicted octanol–water partition coefficient (Wildman–Crippen LogP) is 3.69. The van der Waals surface area contributed by atoms with Gasteiger partial charge in [0, 0.05) is 28.9 Å². The topological polar surface area (TPSA) is 54.5 Å². The van der Waals surface area contributed by atoms with Crippen LogP contribution in [0, 0.1) is 0 Å². The number of fused-ring (bicyclic) bond motifs is 1. The van der Waals surface area contributed by atoms with E-state index >= 15 is 0 Å². The molecule has 3 rings (SSSR count). The van der Waals surface area contributed by atoms with E-state index in [-0.39, 0.29) is 5.91 Å². The molecule has 0 atom stereocenters. The minimum absolute atomic E-state index is 0.0663. The number of halogens is 1. The number of hydrogen-bond acceptors (Lipinski definition) is 5. The summed E-state index contributed by atoms with van der Waals surface area (Å²) in [6.45, 7) is 5.54. The fourth-order valence-corrected chi connectivity index (χ4v) is 4.02. The lowest BCUT2D eigenvalue weighted by molar-refractivity contribution is -0.116. The Bertz CT molecular complexity index is 720. The van der Waals surface area contributed by atoms with Crippen LogP contribution in [0.1, 0.15) is 23.9 Å². The lowest BCUT2D eigenvalue weighted by atomic mass is 10.2. The maximum Gasteiger partial charge on any atom is 0.229 e. The van der Waals surface area contributed by atoms with Crippen LogP contribution in [0.3, 0.4) is 0 Å². The molecule has 1 aromatic heterocycles. The second-order valence-corrected chi connectivity index (χ2v) is 7.61. The van der Waals surface area contributed by atoms with Gasteiger partial charge in [-0.2, -0.15) is 0 Å². The molecule has 5 nitrogen and oxygen atoms in total. The minimum atomic E-state index is -0.0663. The predicted molar refractivity (Wildman–Crippen MR) is 99.7 cm³/mol. The Labute approximate surface area is 154 Å². The maximum absolute atomic E-state index is 12.1. The quantitative estimate of drug-likeness (QED) is 0.789. The number of ether oxygens (including phenoxy) is 1. The number of amides is 1. The number of aromatic nitrogens is 1. The van der Waals surface area contributed by atoms with Gasteiger partial charge in [-0.05, 0) is 24.7 Å². The summed E-state index contributed by atoms with van der Waals surface area (Å²) < 4.78 is 6.55. The molecule has 0 fully saturated rings. The highest BCUT2D eigenvalue weighted by Crippen LogP contribution is 2.28. The molecule has 0 saturated heterocycles. The van der Waals surface area contributed by atoms with E-state index in [2.05, 4.69) is 38.1 Å². The molecule has 0 unspecified atom stereocenters. The Morgan fingerprint density at radius 3 is 3.17 bits per heavy atom. The van der Waals surface area contributed by atoms with Crippen LogP contribution in [-0.2, 0) is 17.8 Å². The molecule has 0 bridgehead atoms. The molecule has 1 amide bonds. The van der Waals surface area contributed by atoms with Gasteiger partial charge in [0.15, 0.2) is 5.13 Å². The number of nitrogens with zero attached hydrogens (tertiary/aromatic N) is 2. The van der Waals surface area contributed by atoms with Crippen LogP contribution in [0.4, 0.5) is 5.13 Å².